The van der Waals surface area contributed by atoms with Gasteiger partial charge in [-0.3, -0.25) is 9.69 Å². The number of amides is 1. The Morgan fingerprint density at radius 2 is 2.00 bits per heavy atom. The van der Waals surface area contributed by atoms with Crippen molar-refractivity contribution in [3.8, 4) is 0 Å². The lowest BCUT2D eigenvalue weighted by atomic mass is 9.84. The molecule has 2 saturated heterocycles. The van der Waals surface area contributed by atoms with E-state index in [4.69, 9.17) is 0 Å². The molecule has 0 atom stereocenters. The number of piperidine rings is 1. The number of likely N-dealkylation sites (N-methyl/N-ethyl adjacent to an activating group) is 1. The molecule has 1 aromatic rings. The molecule has 1 spiro atoms. The van der Waals surface area contributed by atoms with Crippen LogP contribution in [-0.4, -0.2) is 77.9 Å². The van der Waals surface area contributed by atoms with Crippen LogP contribution < -0.4 is 0 Å². The van der Waals surface area contributed by atoms with Gasteiger partial charge in [0.1, 0.15) is 5.69 Å². The number of hydrogen-bond acceptors (Lipinski definition) is 5. The first-order valence-electron chi connectivity index (χ1n) is 8.67. The van der Waals surface area contributed by atoms with Crippen molar-refractivity contribution in [2.75, 3.05) is 46.8 Å². The van der Waals surface area contributed by atoms with Crippen LogP contribution in [0.15, 0.2) is 5.38 Å². The van der Waals surface area contributed by atoms with Crippen molar-refractivity contribution in [1.82, 2.24) is 19.7 Å². The summed E-state index contributed by atoms with van der Waals surface area (Å²) in [5, 5.41) is 3.02. The average Bonchev–Trinajstić information content (AvgIpc) is 3.01. The Morgan fingerprint density at radius 1 is 1.26 bits per heavy atom. The number of aromatic nitrogens is 1. The first kappa shape index (κ1) is 16.9. The first-order valence-corrected chi connectivity index (χ1v) is 9.55. The molecule has 5 nitrogen and oxygen atoms in total. The first-order chi connectivity index (χ1) is 11.0. The Labute approximate surface area is 143 Å². The third-order valence-corrected chi connectivity index (χ3v) is 6.35. The highest BCUT2D eigenvalue weighted by molar-refractivity contribution is 7.09. The summed E-state index contributed by atoms with van der Waals surface area (Å²) in [6.07, 6.45) is 4.33. The fourth-order valence-electron chi connectivity index (χ4n) is 3.71. The second-order valence-corrected chi connectivity index (χ2v) is 8.00. The van der Waals surface area contributed by atoms with E-state index in [2.05, 4.69) is 35.8 Å². The van der Waals surface area contributed by atoms with E-state index in [0.717, 1.165) is 63.4 Å². The predicted molar refractivity (Wildman–Crippen MR) is 94.1 cm³/mol. The van der Waals surface area contributed by atoms with Gasteiger partial charge < -0.3 is 9.80 Å². The zero-order valence-electron chi connectivity index (χ0n) is 14.5. The van der Waals surface area contributed by atoms with Crippen LogP contribution in [0.25, 0.3) is 0 Å². The van der Waals surface area contributed by atoms with Crippen molar-refractivity contribution in [1.29, 1.82) is 0 Å². The molecule has 128 valence electrons. The monoisotopic (exact) mass is 336 g/mol. The highest BCUT2D eigenvalue weighted by Crippen LogP contribution is 2.31. The molecule has 0 aromatic carbocycles. The van der Waals surface area contributed by atoms with Crippen LogP contribution in [0.2, 0.25) is 0 Å². The van der Waals surface area contributed by atoms with Gasteiger partial charge in [0.05, 0.1) is 5.01 Å². The maximum Gasteiger partial charge on any atom is 0.273 e. The third kappa shape index (κ3) is 3.44. The number of nitrogens with zero attached hydrogens (tertiary/aromatic N) is 4. The number of aryl methyl sites for hydroxylation is 1. The Hall–Kier alpha value is -0.980. The van der Waals surface area contributed by atoms with Crippen LogP contribution in [0.1, 0.15) is 41.7 Å². The van der Waals surface area contributed by atoms with Gasteiger partial charge in [0.25, 0.3) is 5.91 Å². The molecule has 6 heteroatoms. The minimum atomic E-state index is 0.120. The summed E-state index contributed by atoms with van der Waals surface area (Å²) < 4.78 is 0. The van der Waals surface area contributed by atoms with E-state index in [1.807, 2.05) is 10.3 Å². The number of carbonyl (C=O) groups is 1. The van der Waals surface area contributed by atoms with Gasteiger partial charge in [-0.1, -0.05) is 6.92 Å². The molecule has 0 unspecified atom stereocenters. The number of rotatable bonds is 3. The smallest absolute Gasteiger partial charge is 0.273 e. The fourth-order valence-corrected chi connectivity index (χ4v) is 4.58. The van der Waals surface area contributed by atoms with Gasteiger partial charge in [-0.15, -0.1) is 11.3 Å². The molecule has 1 aromatic heterocycles. The van der Waals surface area contributed by atoms with E-state index in [1.54, 1.807) is 11.3 Å². The number of likely N-dealkylation sites (tertiary alicyclic amines) is 1. The molecule has 3 heterocycles. The molecule has 1 amide bonds. The summed E-state index contributed by atoms with van der Waals surface area (Å²) in [6.45, 7) is 6.99. The van der Waals surface area contributed by atoms with Gasteiger partial charge in [-0.25, -0.2) is 4.98 Å². The molecule has 0 bridgehead atoms. The van der Waals surface area contributed by atoms with Gasteiger partial charge in [0.2, 0.25) is 0 Å². The number of thiazole rings is 1. The summed E-state index contributed by atoms with van der Waals surface area (Å²) in [5.41, 5.74) is 0.800. The molecule has 23 heavy (non-hydrogen) atoms. The maximum absolute atomic E-state index is 12.9. The van der Waals surface area contributed by atoms with Crippen LogP contribution in [0.5, 0.6) is 0 Å². The third-order valence-electron chi connectivity index (χ3n) is 5.44. The van der Waals surface area contributed by atoms with Crippen molar-refractivity contribution < 1.29 is 4.79 Å². The highest BCUT2D eigenvalue weighted by Gasteiger charge is 2.43. The lowest BCUT2D eigenvalue weighted by Crippen LogP contribution is -2.65. The Morgan fingerprint density at radius 3 is 2.70 bits per heavy atom. The van der Waals surface area contributed by atoms with E-state index in [-0.39, 0.29) is 11.4 Å². The maximum atomic E-state index is 12.9. The minimum Gasteiger partial charge on any atom is -0.334 e. The molecule has 2 aliphatic rings. The van der Waals surface area contributed by atoms with Gasteiger partial charge in [-0.2, -0.15) is 0 Å². The molecule has 0 saturated carbocycles. The van der Waals surface area contributed by atoms with Crippen molar-refractivity contribution in [3.63, 3.8) is 0 Å². The Kier molecular flexibility index (Phi) is 5.04. The molecule has 3 rings (SSSR count). The second kappa shape index (κ2) is 6.87. The van der Waals surface area contributed by atoms with Crippen LogP contribution in [0, 0.1) is 0 Å². The number of piperazine rings is 1. The molecule has 0 radical (unpaired) electrons. The second-order valence-electron chi connectivity index (χ2n) is 7.05. The number of carbonyl (C=O) groups excluding carboxylic acids is 1. The molecule has 0 aliphatic carbocycles. The standard InChI is InChI=1S/C17H28N4OS/c1-4-5-15-18-14(12-23-15)16(22)21-11-10-20(3)17(13-21)6-8-19(2)9-7-17/h12H,4-11,13H2,1-3H3. The molecule has 2 aliphatic heterocycles. The number of hydrogen-bond donors (Lipinski definition) is 0. The van der Waals surface area contributed by atoms with Gasteiger partial charge >= 0.3 is 0 Å². The van der Waals surface area contributed by atoms with Crippen LogP contribution in [0.3, 0.4) is 0 Å². The lowest BCUT2D eigenvalue weighted by Gasteiger charge is -2.52. The topological polar surface area (TPSA) is 39.7 Å². The van der Waals surface area contributed by atoms with E-state index in [9.17, 15) is 4.79 Å². The summed E-state index contributed by atoms with van der Waals surface area (Å²) in [6, 6.07) is 0. The molecule has 2 fully saturated rings. The van der Waals surface area contributed by atoms with Crippen LogP contribution in [-0.2, 0) is 6.42 Å². The summed E-state index contributed by atoms with van der Waals surface area (Å²) in [4.78, 5) is 24.3. The Bertz CT molecular complexity index is 551. The molecule has 0 N–H and O–H groups in total. The van der Waals surface area contributed by atoms with Crippen LogP contribution in [0.4, 0.5) is 0 Å². The predicted octanol–water partition coefficient (Wildman–Crippen LogP) is 1.95. The van der Waals surface area contributed by atoms with E-state index >= 15 is 0 Å². The fraction of sp³-hybridized carbons (Fsp3) is 0.765. The Balaban J connectivity index is 1.71. The van der Waals surface area contributed by atoms with Crippen molar-refractivity contribution >= 4 is 17.2 Å². The SMILES string of the molecule is CCCc1nc(C(=O)N2CCN(C)C3(CCN(C)CC3)C2)cs1. The highest BCUT2D eigenvalue weighted by atomic mass is 32.1. The molecular weight excluding hydrogens is 308 g/mol. The van der Waals surface area contributed by atoms with Crippen molar-refractivity contribution in [2.24, 2.45) is 0 Å². The summed E-state index contributed by atoms with van der Waals surface area (Å²) in [5.74, 6) is 0.120. The van der Waals surface area contributed by atoms with Gasteiger partial charge in [0.15, 0.2) is 0 Å². The summed E-state index contributed by atoms with van der Waals surface area (Å²) >= 11 is 1.62. The average molecular weight is 337 g/mol. The largest absolute Gasteiger partial charge is 0.334 e. The lowest BCUT2D eigenvalue weighted by molar-refractivity contribution is -0.0172. The van der Waals surface area contributed by atoms with Gasteiger partial charge in [0, 0.05) is 30.6 Å². The van der Waals surface area contributed by atoms with Gasteiger partial charge in [-0.05, 0) is 52.9 Å². The zero-order valence-corrected chi connectivity index (χ0v) is 15.4. The quantitative estimate of drug-likeness (QED) is 0.846. The van der Waals surface area contributed by atoms with E-state index < -0.39 is 0 Å². The van der Waals surface area contributed by atoms with E-state index in [0.29, 0.717) is 5.69 Å². The summed E-state index contributed by atoms with van der Waals surface area (Å²) in [7, 11) is 4.40. The van der Waals surface area contributed by atoms with Crippen molar-refractivity contribution in [2.45, 2.75) is 38.1 Å². The van der Waals surface area contributed by atoms with E-state index in [1.165, 1.54) is 0 Å². The molecular formula is C17H28N4OS. The minimum absolute atomic E-state index is 0.120. The normalized spacial score (nSPS) is 22.7. The zero-order chi connectivity index (χ0) is 16.4. The van der Waals surface area contributed by atoms with Crippen LogP contribution >= 0.6 is 11.3 Å². The van der Waals surface area contributed by atoms with Crippen molar-refractivity contribution in [3.05, 3.63) is 16.1 Å².